The summed E-state index contributed by atoms with van der Waals surface area (Å²) in [6.45, 7) is 3.59. The van der Waals surface area contributed by atoms with Crippen LogP contribution >= 0.6 is 21.6 Å². The molecule has 0 heterocycles. The van der Waals surface area contributed by atoms with Gasteiger partial charge in [-0.15, -0.1) is 0 Å². The number of hydrogen-bond donors (Lipinski definition) is 2. The van der Waals surface area contributed by atoms with Crippen LogP contribution in [-0.4, -0.2) is 42.5 Å². The number of rotatable bonds is 10. The molecule has 6 heteroatoms. The third-order valence-electron chi connectivity index (χ3n) is 3.96. The van der Waals surface area contributed by atoms with Gasteiger partial charge in [0.1, 0.15) is 6.61 Å². The molecule has 0 radical (unpaired) electrons. The van der Waals surface area contributed by atoms with Crippen molar-refractivity contribution < 1.29 is 14.6 Å². The van der Waals surface area contributed by atoms with E-state index in [4.69, 9.17) is 9.84 Å². The summed E-state index contributed by atoms with van der Waals surface area (Å²) >= 11 is 0. The minimum absolute atomic E-state index is 0.193. The van der Waals surface area contributed by atoms with Gasteiger partial charge in [0.15, 0.2) is 0 Å². The quantitative estimate of drug-likeness (QED) is 0.469. The van der Waals surface area contributed by atoms with Crippen LogP contribution in [0, 0.1) is 5.41 Å². The molecule has 0 spiro atoms. The molecular formula is C15H29NO3S2. The van der Waals surface area contributed by atoms with Gasteiger partial charge < -0.3 is 15.2 Å². The second-order valence-electron chi connectivity index (χ2n) is 5.67. The number of alkyl carbamates (subject to hydrolysis) is 1. The van der Waals surface area contributed by atoms with Crippen molar-refractivity contribution >= 4 is 27.7 Å². The first-order valence-electron chi connectivity index (χ1n) is 7.98. The van der Waals surface area contributed by atoms with Crippen molar-refractivity contribution in [3.63, 3.8) is 0 Å². The van der Waals surface area contributed by atoms with E-state index >= 15 is 0 Å². The molecule has 0 aromatic carbocycles. The molecule has 0 aromatic heterocycles. The molecule has 4 nitrogen and oxygen atoms in total. The van der Waals surface area contributed by atoms with Crippen LogP contribution < -0.4 is 5.32 Å². The zero-order chi connectivity index (χ0) is 15.4. The van der Waals surface area contributed by atoms with E-state index in [2.05, 4.69) is 12.2 Å². The van der Waals surface area contributed by atoms with Gasteiger partial charge in [0, 0.05) is 18.1 Å². The van der Waals surface area contributed by atoms with Gasteiger partial charge in [0.05, 0.1) is 6.61 Å². The molecule has 1 fully saturated rings. The fourth-order valence-corrected chi connectivity index (χ4v) is 4.58. The van der Waals surface area contributed by atoms with Crippen molar-refractivity contribution in [2.75, 3.05) is 31.3 Å². The molecular weight excluding hydrogens is 306 g/mol. The van der Waals surface area contributed by atoms with E-state index in [1.807, 2.05) is 0 Å². The molecule has 1 saturated carbocycles. The Morgan fingerprint density at radius 2 is 1.95 bits per heavy atom. The zero-order valence-corrected chi connectivity index (χ0v) is 14.7. The maximum Gasteiger partial charge on any atom is 0.407 e. The molecule has 0 unspecified atom stereocenters. The molecule has 2 N–H and O–H groups in total. The van der Waals surface area contributed by atoms with Crippen LogP contribution in [-0.2, 0) is 4.74 Å². The second kappa shape index (κ2) is 11.5. The monoisotopic (exact) mass is 335 g/mol. The smallest absolute Gasteiger partial charge is 0.407 e. The highest BCUT2D eigenvalue weighted by atomic mass is 33.1. The van der Waals surface area contributed by atoms with E-state index in [0.29, 0.717) is 12.0 Å². The highest BCUT2D eigenvalue weighted by Crippen LogP contribution is 2.39. The number of carbonyl (C=O) groups is 1. The number of hydrogen-bond acceptors (Lipinski definition) is 5. The summed E-state index contributed by atoms with van der Waals surface area (Å²) in [5, 5.41) is 11.6. The Balaban J connectivity index is 2.15. The highest BCUT2D eigenvalue weighted by molar-refractivity contribution is 8.76. The van der Waals surface area contributed by atoms with E-state index in [0.717, 1.165) is 18.1 Å². The van der Waals surface area contributed by atoms with E-state index in [9.17, 15) is 4.79 Å². The summed E-state index contributed by atoms with van der Waals surface area (Å²) in [4.78, 5) is 11.7. The molecule has 0 saturated heterocycles. The SMILES string of the molecule is CCCC1(CNC(=O)OCCSSCCO)CCCCC1. The molecule has 0 bridgehead atoms. The number of ether oxygens (including phenoxy) is 1. The largest absolute Gasteiger partial charge is 0.449 e. The molecule has 1 aliphatic rings. The van der Waals surface area contributed by atoms with Crippen LogP contribution in [0.25, 0.3) is 0 Å². The lowest BCUT2D eigenvalue weighted by molar-refractivity contribution is 0.130. The van der Waals surface area contributed by atoms with Gasteiger partial charge in [-0.1, -0.05) is 54.2 Å². The summed E-state index contributed by atoms with van der Waals surface area (Å²) < 4.78 is 5.19. The van der Waals surface area contributed by atoms with Gasteiger partial charge in [0.2, 0.25) is 0 Å². The lowest BCUT2D eigenvalue weighted by atomic mass is 9.71. The summed E-state index contributed by atoms with van der Waals surface area (Å²) in [6, 6.07) is 0. The molecule has 1 aliphatic carbocycles. The lowest BCUT2D eigenvalue weighted by Gasteiger charge is -2.37. The number of amides is 1. The predicted molar refractivity (Wildman–Crippen MR) is 91.8 cm³/mol. The Morgan fingerprint density at radius 3 is 2.62 bits per heavy atom. The number of aliphatic hydroxyl groups is 1. The van der Waals surface area contributed by atoms with E-state index in [1.165, 1.54) is 44.9 Å². The molecule has 21 heavy (non-hydrogen) atoms. The van der Waals surface area contributed by atoms with Crippen molar-refractivity contribution in [1.82, 2.24) is 5.32 Å². The summed E-state index contributed by atoms with van der Waals surface area (Å²) in [5.41, 5.74) is 0.303. The van der Waals surface area contributed by atoms with Gasteiger partial charge >= 0.3 is 6.09 Å². The first-order valence-corrected chi connectivity index (χ1v) is 10.5. The van der Waals surface area contributed by atoms with Gasteiger partial charge in [-0.05, 0) is 24.7 Å². The fourth-order valence-electron chi connectivity index (χ4n) is 2.98. The Kier molecular flexibility index (Phi) is 10.4. The molecule has 0 atom stereocenters. The second-order valence-corrected chi connectivity index (χ2v) is 8.37. The molecule has 1 rings (SSSR count). The van der Waals surface area contributed by atoms with Crippen molar-refractivity contribution in [1.29, 1.82) is 0 Å². The van der Waals surface area contributed by atoms with Crippen LogP contribution in [0.5, 0.6) is 0 Å². The first kappa shape index (κ1) is 19.0. The number of nitrogens with one attached hydrogen (secondary N) is 1. The van der Waals surface area contributed by atoms with Crippen molar-refractivity contribution in [2.24, 2.45) is 5.41 Å². The van der Waals surface area contributed by atoms with E-state index in [1.54, 1.807) is 21.6 Å². The minimum atomic E-state index is -0.288. The first-order chi connectivity index (χ1) is 10.2. The van der Waals surface area contributed by atoms with Crippen molar-refractivity contribution in [3.05, 3.63) is 0 Å². The van der Waals surface area contributed by atoms with Crippen molar-refractivity contribution in [2.45, 2.75) is 51.9 Å². The normalized spacial score (nSPS) is 17.4. The topological polar surface area (TPSA) is 58.6 Å². The van der Waals surface area contributed by atoms with Crippen LogP contribution in [0.2, 0.25) is 0 Å². The van der Waals surface area contributed by atoms with Gasteiger partial charge in [0.25, 0.3) is 0 Å². The Labute approximate surface area is 136 Å². The van der Waals surface area contributed by atoms with Gasteiger partial charge in [-0.3, -0.25) is 0 Å². The summed E-state index contributed by atoms with van der Waals surface area (Å²) in [5.74, 6) is 1.48. The van der Waals surface area contributed by atoms with Crippen molar-refractivity contribution in [3.8, 4) is 0 Å². The van der Waals surface area contributed by atoms with E-state index < -0.39 is 0 Å². The molecule has 1 amide bonds. The summed E-state index contributed by atoms with van der Waals surface area (Å²) in [7, 11) is 3.23. The van der Waals surface area contributed by atoms with Crippen LogP contribution in [0.15, 0.2) is 0 Å². The molecule has 0 aliphatic heterocycles. The Bertz CT molecular complexity index is 279. The van der Waals surface area contributed by atoms with Crippen LogP contribution in [0.4, 0.5) is 4.79 Å². The molecule has 124 valence electrons. The minimum Gasteiger partial charge on any atom is -0.449 e. The average molecular weight is 336 g/mol. The number of carbonyl (C=O) groups excluding carboxylic acids is 1. The standard InChI is InChI=1S/C15H29NO3S2/c1-2-6-15(7-4-3-5-8-15)13-16-14(18)19-10-12-21-20-11-9-17/h17H,2-13H2,1H3,(H,16,18). The van der Waals surface area contributed by atoms with Crippen LogP contribution in [0.3, 0.4) is 0 Å². The third-order valence-corrected chi connectivity index (χ3v) is 6.31. The Hall–Kier alpha value is -0.0700. The van der Waals surface area contributed by atoms with Gasteiger partial charge in [-0.2, -0.15) is 0 Å². The van der Waals surface area contributed by atoms with E-state index in [-0.39, 0.29) is 12.7 Å². The maximum atomic E-state index is 11.7. The van der Waals surface area contributed by atoms with Crippen LogP contribution in [0.1, 0.15) is 51.9 Å². The third kappa shape index (κ3) is 8.21. The summed E-state index contributed by atoms with van der Waals surface area (Å²) in [6.07, 6.45) is 8.45. The number of aliphatic hydroxyl groups excluding tert-OH is 1. The average Bonchev–Trinajstić information content (AvgIpc) is 2.50. The lowest BCUT2D eigenvalue weighted by Crippen LogP contribution is -2.39. The zero-order valence-electron chi connectivity index (χ0n) is 13.1. The predicted octanol–water partition coefficient (Wildman–Crippen LogP) is 3.84. The fraction of sp³-hybridized carbons (Fsp3) is 0.933. The highest BCUT2D eigenvalue weighted by Gasteiger charge is 2.31. The van der Waals surface area contributed by atoms with Gasteiger partial charge in [-0.25, -0.2) is 4.79 Å². The Morgan fingerprint density at radius 1 is 1.24 bits per heavy atom. The maximum absolute atomic E-state index is 11.7. The molecule has 0 aromatic rings.